The van der Waals surface area contributed by atoms with Crippen molar-refractivity contribution in [2.24, 2.45) is 0 Å². The van der Waals surface area contributed by atoms with Gasteiger partial charge in [0.05, 0.1) is 23.9 Å². The minimum absolute atomic E-state index is 0.226. The molecule has 0 amide bonds. The van der Waals surface area contributed by atoms with Crippen LogP contribution in [0.25, 0.3) is 0 Å². The molecule has 8 heteroatoms. The predicted molar refractivity (Wildman–Crippen MR) is 133 cm³/mol. The second-order valence-corrected chi connectivity index (χ2v) is 7.45. The number of methoxy groups -OCH3 is 1. The van der Waals surface area contributed by atoms with E-state index in [2.05, 4.69) is 34.3 Å². The lowest BCUT2D eigenvalue weighted by Gasteiger charge is -2.08. The van der Waals surface area contributed by atoms with Crippen LogP contribution < -0.4 is 14.8 Å². The van der Waals surface area contributed by atoms with E-state index in [0.29, 0.717) is 27.8 Å². The molecule has 0 unspecified atom stereocenters. The molecule has 0 aliphatic rings. The van der Waals surface area contributed by atoms with Gasteiger partial charge in [-0.15, -0.1) is 0 Å². The summed E-state index contributed by atoms with van der Waals surface area (Å²) >= 11 is 5.84. The summed E-state index contributed by atoms with van der Waals surface area (Å²) in [4.78, 5) is 20.4. The van der Waals surface area contributed by atoms with E-state index >= 15 is 0 Å². The average Bonchev–Trinajstić information content (AvgIpc) is 2.81. The summed E-state index contributed by atoms with van der Waals surface area (Å²) in [6.07, 6.45) is 3.15. The Morgan fingerprint density at radius 2 is 1.76 bits per heavy atom. The largest absolute Gasteiger partial charge is 0.491 e. The third-order valence-corrected chi connectivity index (χ3v) is 4.15. The minimum atomic E-state index is -0.226. The van der Waals surface area contributed by atoms with E-state index in [1.165, 1.54) is 25.1 Å². The molecule has 33 heavy (non-hydrogen) atoms. The molecule has 3 aromatic rings. The number of rotatable bonds is 6. The fourth-order valence-corrected chi connectivity index (χ4v) is 2.63. The number of benzene rings is 1. The van der Waals surface area contributed by atoms with Crippen LogP contribution in [-0.4, -0.2) is 47.7 Å². The van der Waals surface area contributed by atoms with Crippen molar-refractivity contribution in [3.05, 3.63) is 76.7 Å². The Morgan fingerprint density at radius 3 is 2.24 bits per heavy atom. The number of ether oxygens (including phenoxy) is 2. The van der Waals surface area contributed by atoms with Gasteiger partial charge in [-0.1, -0.05) is 29.3 Å². The van der Waals surface area contributed by atoms with Gasteiger partial charge in [-0.2, -0.15) is 0 Å². The lowest BCUT2D eigenvalue weighted by atomic mass is 10.1. The van der Waals surface area contributed by atoms with E-state index in [4.69, 9.17) is 26.2 Å². The highest BCUT2D eigenvalue weighted by Crippen LogP contribution is 2.21. The van der Waals surface area contributed by atoms with E-state index in [9.17, 15) is 4.79 Å². The highest BCUT2D eigenvalue weighted by atomic mass is 35.5. The molecule has 0 bridgehead atoms. The summed E-state index contributed by atoms with van der Waals surface area (Å²) in [7, 11) is 3.22. The van der Waals surface area contributed by atoms with Crippen molar-refractivity contribution in [2.75, 3.05) is 26.1 Å². The van der Waals surface area contributed by atoms with Crippen LogP contribution in [-0.2, 0) is 0 Å². The third kappa shape index (κ3) is 9.89. The maximum absolute atomic E-state index is 12.3. The monoisotopic (exact) mass is 473 g/mol. The molecule has 7 nitrogen and oxygen atoms in total. The summed E-state index contributed by atoms with van der Waals surface area (Å²) in [5, 5.41) is 10.9. The van der Waals surface area contributed by atoms with Crippen LogP contribution in [0, 0.1) is 6.92 Å². The number of aliphatic hydroxyl groups excluding tert-OH is 1. The molecule has 0 saturated carbocycles. The molecule has 0 fully saturated rings. The number of nitrogens with one attached hydrogen (secondary N) is 1. The maximum Gasteiger partial charge on any atom is 0.215 e. The first-order valence-electron chi connectivity index (χ1n) is 10.5. The zero-order valence-electron chi connectivity index (χ0n) is 19.9. The van der Waals surface area contributed by atoms with Crippen molar-refractivity contribution >= 4 is 23.1 Å². The summed E-state index contributed by atoms with van der Waals surface area (Å²) in [5.41, 5.74) is 2.58. The first-order chi connectivity index (χ1) is 15.7. The number of aromatic nitrogens is 2. The Hall–Kier alpha value is -3.16. The van der Waals surface area contributed by atoms with Crippen LogP contribution in [0.4, 0.5) is 5.69 Å². The Balaban J connectivity index is 0.000000329. The van der Waals surface area contributed by atoms with Crippen LogP contribution in [0.2, 0.25) is 5.02 Å². The van der Waals surface area contributed by atoms with E-state index in [1.54, 1.807) is 32.2 Å². The summed E-state index contributed by atoms with van der Waals surface area (Å²) in [6, 6.07) is 13.0. The number of nitrogens with zero attached hydrogens (tertiary/aromatic N) is 2. The van der Waals surface area contributed by atoms with Gasteiger partial charge in [0, 0.05) is 37.7 Å². The van der Waals surface area contributed by atoms with Crippen molar-refractivity contribution < 1.29 is 19.4 Å². The molecular formula is C25H32ClN3O4. The highest BCUT2D eigenvalue weighted by Gasteiger charge is 2.15. The lowest BCUT2D eigenvalue weighted by molar-refractivity contribution is 0.103. The van der Waals surface area contributed by atoms with Crippen molar-refractivity contribution in [1.29, 1.82) is 0 Å². The highest BCUT2D eigenvalue weighted by molar-refractivity contribution is 6.31. The van der Waals surface area contributed by atoms with Gasteiger partial charge in [0.15, 0.2) is 0 Å². The molecular weight excluding hydrogens is 442 g/mol. The van der Waals surface area contributed by atoms with E-state index in [-0.39, 0.29) is 18.5 Å². The normalized spacial score (nSPS) is 9.73. The molecule has 2 heterocycles. The molecule has 1 aromatic carbocycles. The second kappa shape index (κ2) is 14.8. The van der Waals surface area contributed by atoms with Gasteiger partial charge in [0.25, 0.3) is 0 Å². The number of anilines is 1. The van der Waals surface area contributed by atoms with Crippen molar-refractivity contribution in [2.45, 2.75) is 33.8 Å². The van der Waals surface area contributed by atoms with Gasteiger partial charge in [-0.25, -0.2) is 9.97 Å². The van der Waals surface area contributed by atoms with Gasteiger partial charge >= 0.3 is 0 Å². The fraction of sp³-hybridized carbons (Fsp3) is 0.320. The molecule has 0 saturated heterocycles. The molecule has 0 spiro atoms. The molecule has 0 radical (unpaired) electrons. The van der Waals surface area contributed by atoms with Crippen molar-refractivity contribution in [3.63, 3.8) is 0 Å². The zero-order chi connectivity index (χ0) is 24.8. The Bertz CT molecular complexity index is 978. The number of aliphatic hydroxyl groups is 1. The van der Waals surface area contributed by atoms with Gasteiger partial charge < -0.3 is 19.9 Å². The number of aryl methyl sites for hydroxylation is 1. The molecule has 0 aliphatic heterocycles. The van der Waals surface area contributed by atoms with Gasteiger partial charge in [0.2, 0.25) is 11.7 Å². The van der Waals surface area contributed by atoms with E-state index in [1.807, 2.05) is 26.0 Å². The predicted octanol–water partition coefficient (Wildman–Crippen LogP) is 5.19. The van der Waals surface area contributed by atoms with Crippen LogP contribution >= 0.6 is 11.6 Å². The standard InChI is InChI=1S/C13H12ClN3O2.C10H14O.C2H6O/c1-15-10-5-9(14)7-17-12(10)13(18)8-3-4-11(19-2)16-6-8;1-8(2)11-10-6-4-9(3)5-7-10;1-2-3/h3-7,15H,1-2H3;4-8H,1-3H3;3H,2H2,1H3. The number of pyridine rings is 2. The SMILES string of the molecule is CCO.CNc1cc(Cl)cnc1C(=O)c1ccc(OC)nc1.Cc1ccc(OC(C)C)cc1. The number of hydrogen-bond donors (Lipinski definition) is 2. The van der Waals surface area contributed by atoms with Crippen molar-refractivity contribution in [1.82, 2.24) is 9.97 Å². The number of carbonyl (C=O) groups is 1. The second-order valence-electron chi connectivity index (χ2n) is 7.01. The summed E-state index contributed by atoms with van der Waals surface area (Å²) < 4.78 is 10.4. The average molecular weight is 474 g/mol. The first-order valence-corrected chi connectivity index (χ1v) is 10.9. The summed E-state index contributed by atoms with van der Waals surface area (Å²) in [6.45, 7) is 8.05. The molecule has 178 valence electrons. The number of ketones is 1. The quantitative estimate of drug-likeness (QED) is 0.475. The van der Waals surface area contributed by atoms with E-state index in [0.717, 1.165) is 5.75 Å². The van der Waals surface area contributed by atoms with Crippen LogP contribution in [0.15, 0.2) is 54.9 Å². The lowest BCUT2D eigenvalue weighted by Crippen LogP contribution is -2.08. The maximum atomic E-state index is 12.3. The molecule has 2 aromatic heterocycles. The molecule has 0 aliphatic carbocycles. The van der Waals surface area contributed by atoms with Crippen molar-refractivity contribution in [3.8, 4) is 11.6 Å². The van der Waals surface area contributed by atoms with E-state index < -0.39 is 0 Å². The van der Waals surface area contributed by atoms with Crippen LogP contribution in [0.3, 0.4) is 0 Å². The number of halogens is 1. The topological polar surface area (TPSA) is 93.6 Å². The minimum Gasteiger partial charge on any atom is -0.491 e. The Kier molecular flexibility index (Phi) is 12.5. The number of carbonyl (C=O) groups excluding carboxylic acids is 1. The van der Waals surface area contributed by atoms with Gasteiger partial charge in [0.1, 0.15) is 11.4 Å². The number of hydrogen-bond acceptors (Lipinski definition) is 7. The smallest absolute Gasteiger partial charge is 0.215 e. The third-order valence-electron chi connectivity index (χ3n) is 3.94. The molecule has 3 rings (SSSR count). The van der Waals surface area contributed by atoms with Gasteiger partial charge in [-0.3, -0.25) is 4.79 Å². The molecule has 0 atom stereocenters. The van der Waals surface area contributed by atoms with Gasteiger partial charge in [-0.05, 0) is 52.0 Å². The fourth-order valence-electron chi connectivity index (χ4n) is 2.47. The first kappa shape index (κ1) is 27.9. The Labute approximate surface area is 200 Å². The molecule has 2 N–H and O–H groups in total. The summed E-state index contributed by atoms with van der Waals surface area (Å²) in [5.74, 6) is 1.18. The Morgan fingerprint density at radius 1 is 1.12 bits per heavy atom. The zero-order valence-corrected chi connectivity index (χ0v) is 20.7. The van der Waals surface area contributed by atoms with Crippen LogP contribution in [0.5, 0.6) is 11.6 Å². The van der Waals surface area contributed by atoms with Crippen LogP contribution in [0.1, 0.15) is 42.4 Å².